The SMILES string of the molecule is CC[C@]1(C)CC(=O)N(C(c2cncc(F)c2)[C@@H]2C[C@H]2C(=O)NC2c3ccccc3OC(C(F)(F)F)C2O)C(=N)N1. The van der Waals surface area contributed by atoms with Crippen LogP contribution in [0, 0.1) is 23.1 Å². The van der Waals surface area contributed by atoms with Gasteiger partial charge in [-0.25, -0.2) is 4.39 Å². The summed E-state index contributed by atoms with van der Waals surface area (Å²) < 4.78 is 60.0. The summed E-state index contributed by atoms with van der Waals surface area (Å²) in [5.74, 6) is -3.33. The van der Waals surface area contributed by atoms with Crippen LogP contribution in [0.3, 0.4) is 0 Å². The molecule has 5 rings (SSSR count). The van der Waals surface area contributed by atoms with E-state index in [-0.39, 0.29) is 41.6 Å². The van der Waals surface area contributed by atoms with E-state index >= 15 is 0 Å². The molecule has 0 radical (unpaired) electrons. The largest absolute Gasteiger partial charge is 0.478 e. The van der Waals surface area contributed by atoms with Gasteiger partial charge in [-0.3, -0.25) is 24.9 Å². The number of aromatic nitrogens is 1. The molecule has 1 saturated heterocycles. The molecule has 4 unspecified atom stereocenters. The molecule has 1 aliphatic carbocycles. The number of amides is 2. The summed E-state index contributed by atoms with van der Waals surface area (Å²) in [6, 6.07) is 4.71. The quantitative estimate of drug-likeness (QED) is 0.399. The number of nitrogens with zero attached hydrogens (tertiary/aromatic N) is 2. The minimum absolute atomic E-state index is 0.0680. The van der Waals surface area contributed by atoms with Gasteiger partial charge in [0.25, 0.3) is 0 Å². The number of hydrogen-bond acceptors (Lipinski definition) is 6. The van der Waals surface area contributed by atoms with Crippen molar-refractivity contribution in [1.29, 1.82) is 5.41 Å². The van der Waals surface area contributed by atoms with Crippen LogP contribution in [-0.2, 0) is 9.59 Å². The third kappa shape index (κ3) is 5.09. The number of benzene rings is 1. The van der Waals surface area contributed by atoms with E-state index in [0.717, 1.165) is 6.20 Å². The van der Waals surface area contributed by atoms with Gasteiger partial charge in [-0.15, -0.1) is 0 Å². The molecule has 3 heterocycles. The van der Waals surface area contributed by atoms with Gasteiger partial charge >= 0.3 is 6.18 Å². The Labute approximate surface area is 227 Å². The molecule has 7 atom stereocenters. The van der Waals surface area contributed by atoms with Crippen molar-refractivity contribution in [2.45, 2.75) is 69.1 Å². The number of carbonyl (C=O) groups excluding carboxylic acids is 2. The topological polar surface area (TPSA) is 128 Å². The molecule has 0 spiro atoms. The maximum absolute atomic E-state index is 14.2. The first kappa shape index (κ1) is 27.8. The second-order valence-electron chi connectivity index (χ2n) is 10.8. The van der Waals surface area contributed by atoms with E-state index in [9.17, 15) is 32.3 Å². The number of halogens is 4. The van der Waals surface area contributed by atoms with Crippen molar-refractivity contribution >= 4 is 17.8 Å². The van der Waals surface area contributed by atoms with Crippen molar-refractivity contribution in [2.24, 2.45) is 11.8 Å². The van der Waals surface area contributed by atoms with E-state index < -0.39 is 59.6 Å². The van der Waals surface area contributed by atoms with Crippen LogP contribution in [0.5, 0.6) is 5.75 Å². The summed E-state index contributed by atoms with van der Waals surface area (Å²) in [6.07, 6.45) is -6.31. The number of guanidine groups is 1. The lowest BCUT2D eigenvalue weighted by atomic mass is 9.90. The highest BCUT2D eigenvalue weighted by molar-refractivity contribution is 5.99. The molecule has 2 amide bonds. The van der Waals surface area contributed by atoms with Gasteiger partial charge in [0, 0.05) is 23.2 Å². The van der Waals surface area contributed by atoms with Crippen molar-refractivity contribution in [1.82, 2.24) is 20.5 Å². The Balaban J connectivity index is 1.41. The Kier molecular flexibility index (Phi) is 6.97. The second kappa shape index (κ2) is 10.0. The van der Waals surface area contributed by atoms with Gasteiger partial charge in [-0.1, -0.05) is 25.1 Å². The zero-order valence-electron chi connectivity index (χ0n) is 21.7. The van der Waals surface area contributed by atoms with Gasteiger partial charge in [0.1, 0.15) is 17.7 Å². The number of fused-ring (bicyclic) bond motifs is 1. The van der Waals surface area contributed by atoms with E-state index in [1.165, 1.54) is 35.4 Å². The normalized spacial score (nSPS) is 30.6. The number of nitrogens with one attached hydrogen (secondary N) is 3. The van der Waals surface area contributed by atoms with E-state index in [1.54, 1.807) is 6.07 Å². The summed E-state index contributed by atoms with van der Waals surface area (Å²) in [6.45, 7) is 3.69. The average molecular weight is 564 g/mol. The number of aliphatic hydroxyl groups is 1. The first-order chi connectivity index (χ1) is 18.8. The fraction of sp³-hybridized carbons (Fsp3) is 0.481. The zero-order valence-corrected chi connectivity index (χ0v) is 21.7. The molecule has 40 heavy (non-hydrogen) atoms. The molecular weight excluding hydrogens is 534 g/mol. The van der Waals surface area contributed by atoms with Crippen molar-refractivity contribution in [3.8, 4) is 5.75 Å². The van der Waals surface area contributed by atoms with Crippen molar-refractivity contribution in [3.05, 3.63) is 59.7 Å². The van der Waals surface area contributed by atoms with Crippen LogP contribution < -0.4 is 15.4 Å². The molecule has 2 fully saturated rings. The summed E-state index contributed by atoms with van der Waals surface area (Å²) in [5.41, 5.74) is -0.158. The lowest BCUT2D eigenvalue weighted by Gasteiger charge is -2.43. The average Bonchev–Trinajstić information content (AvgIpc) is 3.67. The summed E-state index contributed by atoms with van der Waals surface area (Å²) in [7, 11) is 0. The fourth-order valence-electron chi connectivity index (χ4n) is 5.58. The Morgan fingerprint density at radius 2 is 2.08 bits per heavy atom. The van der Waals surface area contributed by atoms with E-state index in [0.29, 0.717) is 6.42 Å². The van der Waals surface area contributed by atoms with Crippen molar-refractivity contribution in [2.75, 3.05) is 0 Å². The van der Waals surface area contributed by atoms with E-state index in [4.69, 9.17) is 10.1 Å². The van der Waals surface area contributed by atoms with Crippen molar-refractivity contribution < 1.29 is 37.0 Å². The number of aliphatic hydroxyl groups excluding tert-OH is 1. The van der Waals surface area contributed by atoms with Crippen LogP contribution >= 0.6 is 0 Å². The standard InChI is InChI=1S/C27H29F4N5O4/c1-3-26(2)10-19(37)36(25(32)35-26)21(13-8-14(28)12-33-11-13)16-9-17(16)24(39)34-20-15-6-4-5-7-18(15)40-23(22(20)38)27(29,30)31/h4-8,11-12,16-17,20-23,38H,3,9-10H2,1-2H3,(H2,32,35)(H,34,39)/t16-,17-,20?,21?,22?,23?,26-/m1/s1. The maximum atomic E-state index is 14.2. The lowest BCUT2D eigenvalue weighted by molar-refractivity contribution is -0.229. The predicted molar refractivity (Wildman–Crippen MR) is 133 cm³/mol. The second-order valence-corrected chi connectivity index (χ2v) is 10.8. The van der Waals surface area contributed by atoms with E-state index in [2.05, 4.69) is 15.6 Å². The molecular formula is C27H29F4N5O4. The van der Waals surface area contributed by atoms with Crippen LogP contribution in [0.2, 0.25) is 0 Å². The number of hydrogen-bond donors (Lipinski definition) is 4. The zero-order chi connectivity index (χ0) is 29.0. The number of ether oxygens (including phenoxy) is 1. The van der Waals surface area contributed by atoms with Gasteiger partial charge in [0.05, 0.1) is 24.7 Å². The third-order valence-corrected chi connectivity index (χ3v) is 7.96. The number of carbonyl (C=O) groups is 2. The Bertz CT molecular complexity index is 1320. The van der Waals surface area contributed by atoms with Gasteiger partial charge in [0.2, 0.25) is 17.9 Å². The van der Waals surface area contributed by atoms with Crippen LogP contribution in [0.15, 0.2) is 42.7 Å². The lowest BCUT2D eigenvalue weighted by Crippen LogP contribution is -2.61. The smallest absolute Gasteiger partial charge is 0.428 e. The number of rotatable bonds is 6. The summed E-state index contributed by atoms with van der Waals surface area (Å²) >= 11 is 0. The van der Waals surface area contributed by atoms with Gasteiger partial charge in [-0.05, 0) is 43.4 Å². The summed E-state index contributed by atoms with van der Waals surface area (Å²) in [5, 5.41) is 24.8. The molecule has 214 valence electrons. The summed E-state index contributed by atoms with van der Waals surface area (Å²) in [4.78, 5) is 31.8. The molecule has 13 heteroatoms. The Morgan fingerprint density at radius 3 is 2.73 bits per heavy atom. The molecule has 0 bridgehead atoms. The van der Waals surface area contributed by atoms with Crippen molar-refractivity contribution in [3.63, 3.8) is 0 Å². The molecule has 1 aromatic heterocycles. The highest BCUT2D eigenvalue weighted by Gasteiger charge is 2.56. The molecule has 1 aromatic carbocycles. The molecule has 2 aliphatic heterocycles. The maximum Gasteiger partial charge on any atom is 0.428 e. The Morgan fingerprint density at radius 1 is 1.35 bits per heavy atom. The number of alkyl halides is 3. The predicted octanol–water partition coefficient (Wildman–Crippen LogP) is 3.36. The van der Waals surface area contributed by atoms with E-state index in [1.807, 2.05) is 13.8 Å². The molecule has 3 aliphatic rings. The monoisotopic (exact) mass is 563 g/mol. The van der Waals surface area contributed by atoms with Gasteiger partial charge < -0.3 is 20.5 Å². The Hall–Kier alpha value is -3.74. The minimum Gasteiger partial charge on any atom is -0.478 e. The van der Waals surface area contributed by atoms with Crippen LogP contribution in [0.4, 0.5) is 17.6 Å². The molecule has 1 saturated carbocycles. The molecule has 9 nitrogen and oxygen atoms in total. The third-order valence-electron chi connectivity index (χ3n) is 7.96. The van der Waals surface area contributed by atoms with Gasteiger partial charge in [-0.2, -0.15) is 13.2 Å². The molecule has 4 N–H and O–H groups in total. The molecule has 2 aromatic rings. The highest BCUT2D eigenvalue weighted by Crippen LogP contribution is 2.52. The van der Waals surface area contributed by atoms with Crippen LogP contribution in [0.1, 0.15) is 56.3 Å². The van der Waals surface area contributed by atoms with Gasteiger partial charge in [0.15, 0.2) is 5.96 Å². The first-order valence-corrected chi connectivity index (χ1v) is 12.9. The number of pyridine rings is 1. The van der Waals surface area contributed by atoms with Crippen LogP contribution in [0.25, 0.3) is 0 Å². The fourth-order valence-corrected chi connectivity index (χ4v) is 5.58. The highest BCUT2D eigenvalue weighted by atomic mass is 19.4. The first-order valence-electron chi connectivity index (χ1n) is 12.9. The number of para-hydroxylation sites is 1. The minimum atomic E-state index is -4.89. The van der Waals surface area contributed by atoms with Crippen LogP contribution in [-0.4, -0.2) is 56.7 Å².